The normalized spacial score (nSPS) is 11.3. The SMILES string of the molecule is CCC(C)(C)NC(=O)c1cccnc1Sc1cc(C)ccc1C. The third kappa shape index (κ3) is 4.58. The summed E-state index contributed by atoms with van der Waals surface area (Å²) in [5.41, 5.74) is 2.78. The summed E-state index contributed by atoms with van der Waals surface area (Å²) < 4.78 is 0. The maximum absolute atomic E-state index is 12.6. The van der Waals surface area contributed by atoms with Crippen molar-refractivity contribution in [1.29, 1.82) is 0 Å². The first-order valence-electron chi connectivity index (χ1n) is 7.85. The Morgan fingerprint density at radius 3 is 2.70 bits per heavy atom. The lowest BCUT2D eigenvalue weighted by Gasteiger charge is -2.24. The molecule has 0 bridgehead atoms. The molecular weight excluding hydrogens is 304 g/mol. The highest BCUT2D eigenvalue weighted by Crippen LogP contribution is 2.32. The van der Waals surface area contributed by atoms with Crippen LogP contribution < -0.4 is 5.32 Å². The van der Waals surface area contributed by atoms with Crippen molar-refractivity contribution < 1.29 is 4.79 Å². The van der Waals surface area contributed by atoms with Gasteiger partial charge in [0.1, 0.15) is 5.03 Å². The topological polar surface area (TPSA) is 42.0 Å². The van der Waals surface area contributed by atoms with E-state index in [0.29, 0.717) is 5.56 Å². The zero-order valence-corrected chi connectivity index (χ0v) is 15.3. The minimum Gasteiger partial charge on any atom is -0.347 e. The minimum atomic E-state index is -0.228. The molecule has 0 aliphatic rings. The molecule has 1 aromatic carbocycles. The maximum atomic E-state index is 12.6. The van der Waals surface area contributed by atoms with Gasteiger partial charge in [-0.25, -0.2) is 4.98 Å². The van der Waals surface area contributed by atoms with E-state index in [1.165, 1.54) is 11.1 Å². The predicted octanol–water partition coefficient (Wildman–Crippen LogP) is 4.77. The Labute approximate surface area is 142 Å². The van der Waals surface area contributed by atoms with Crippen LogP contribution in [-0.4, -0.2) is 16.4 Å². The lowest BCUT2D eigenvalue weighted by atomic mass is 10.0. The summed E-state index contributed by atoms with van der Waals surface area (Å²) in [6, 6.07) is 9.96. The van der Waals surface area contributed by atoms with Gasteiger partial charge in [-0.05, 0) is 63.4 Å². The molecule has 0 saturated heterocycles. The van der Waals surface area contributed by atoms with Gasteiger partial charge in [0.15, 0.2) is 0 Å². The Morgan fingerprint density at radius 2 is 2.00 bits per heavy atom. The van der Waals surface area contributed by atoms with Crippen LogP contribution in [0.3, 0.4) is 0 Å². The molecule has 0 aliphatic carbocycles. The van der Waals surface area contributed by atoms with Crippen LogP contribution in [0.2, 0.25) is 0 Å². The molecule has 0 atom stereocenters. The first-order chi connectivity index (χ1) is 10.8. The lowest BCUT2D eigenvalue weighted by molar-refractivity contribution is 0.0907. The zero-order valence-electron chi connectivity index (χ0n) is 14.4. The van der Waals surface area contributed by atoms with Gasteiger partial charge in [-0.15, -0.1) is 0 Å². The van der Waals surface area contributed by atoms with Crippen molar-refractivity contribution in [2.75, 3.05) is 0 Å². The minimum absolute atomic E-state index is 0.0715. The largest absolute Gasteiger partial charge is 0.347 e. The fraction of sp³-hybridized carbons (Fsp3) is 0.368. The van der Waals surface area contributed by atoms with Gasteiger partial charge in [0, 0.05) is 16.6 Å². The van der Waals surface area contributed by atoms with Crippen LogP contribution >= 0.6 is 11.8 Å². The van der Waals surface area contributed by atoms with Gasteiger partial charge in [-0.1, -0.05) is 30.8 Å². The monoisotopic (exact) mass is 328 g/mol. The van der Waals surface area contributed by atoms with Gasteiger partial charge in [-0.3, -0.25) is 4.79 Å². The molecule has 2 rings (SSSR count). The fourth-order valence-corrected chi connectivity index (χ4v) is 3.10. The van der Waals surface area contributed by atoms with E-state index >= 15 is 0 Å². The molecular formula is C19H24N2OS. The molecule has 1 N–H and O–H groups in total. The molecule has 0 radical (unpaired) electrons. The highest BCUT2D eigenvalue weighted by Gasteiger charge is 2.21. The zero-order chi connectivity index (χ0) is 17.0. The third-order valence-electron chi connectivity index (χ3n) is 3.90. The number of aryl methyl sites for hydroxylation is 2. The van der Waals surface area contributed by atoms with E-state index in [1.54, 1.807) is 24.0 Å². The van der Waals surface area contributed by atoms with Crippen molar-refractivity contribution in [2.24, 2.45) is 0 Å². The number of pyridine rings is 1. The molecule has 0 spiro atoms. The Morgan fingerprint density at radius 1 is 1.26 bits per heavy atom. The number of hydrogen-bond donors (Lipinski definition) is 1. The molecule has 0 aliphatic heterocycles. The first-order valence-corrected chi connectivity index (χ1v) is 8.66. The molecule has 1 amide bonds. The second-order valence-electron chi connectivity index (χ2n) is 6.42. The van der Waals surface area contributed by atoms with E-state index in [-0.39, 0.29) is 11.4 Å². The third-order valence-corrected chi connectivity index (χ3v) is 5.08. The van der Waals surface area contributed by atoms with Crippen LogP contribution in [-0.2, 0) is 0 Å². The number of hydrogen-bond acceptors (Lipinski definition) is 3. The summed E-state index contributed by atoms with van der Waals surface area (Å²) >= 11 is 1.54. The molecule has 0 fully saturated rings. The number of nitrogens with zero attached hydrogens (tertiary/aromatic N) is 1. The van der Waals surface area contributed by atoms with E-state index in [4.69, 9.17) is 0 Å². The number of carbonyl (C=O) groups excluding carboxylic acids is 1. The molecule has 2 aromatic rings. The van der Waals surface area contributed by atoms with Gasteiger partial charge in [0.25, 0.3) is 5.91 Å². The number of benzene rings is 1. The summed E-state index contributed by atoms with van der Waals surface area (Å²) in [6.07, 6.45) is 2.60. The highest BCUT2D eigenvalue weighted by atomic mass is 32.2. The Bertz CT molecular complexity index is 710. The Hall–Kier alpha value is -1.81. The van der Waals surface area contributed by atoms with Crippen molar-refractivity contribution in [3.63, 3.8) is 0 Å². The second-order valence-corrected chi connectivity index (χ2v) is 7.45. The number of aromatic nitrogens is 1. The first kappa shape index (κ1) is 17.5. The fourth-order valence-electron chi connectivity index (χ4n) is 2.03. The van der Waals surface area contributed by atoms with Gasteiger partial charge in [0.05, 0.1) is 5.56 Å². The molecule has 0 unspecified atom stereocenters. The summed E-state index contributed by atoms with van der Waals surface area (Å²) in [5, 5.41) is 3.82. The van der Waals surface area contributed by atoms with Crippen LogP contribution in [0.4, 0.5) is 0 Å². The number of rotatable bonds is 5. The molecule has 1 aromatic heterocycles. The molecule has 0 saturated carbocycles. The van der Waals surface area contributed by atoms with E-state index in [9.17, 15) is 4.79 Å². The van der Waals surface area contributed by atoms with Crippen LogP contribution in [0, 0.1) is 13.8 Å². The van der Waals surface area contributed by atoms with Gasteiger partial charge < -0.3 is 5.32 Å². The summed E-state index contributed by atoms with van der Waals surface area (Å²) in [7, 11) is 0. The van der Waals surface area contributed by atoms with Crippen LogP contribution in [0.25, 0.3) is 0 Å². The van der Waals surface area contributed by atoms with E-state index in [1.807, 2.05) is 19.9 Å². The summed E-state index contributed by atoms with van der Waals surface area (Å²) in [6.45, 7) is 10.3. The van der Waals surface area contributed by atoms with E-state index in [2.05, 4.69) is 49.3 Å². The van der Waals surface area contributed by atoms with Crippen molar-refractivity contribution in [1.82, 2.24) is 10.3 Å². The van der Waals surface area contributed by atoms with Gasteiger partial charge in [-0.2, -0.15) is 0 Å². The number of amides is 1. The maximum Gasteiger partial charge on any atom is 0.254 e. The van der Waals surface area contributed by atoms with Crippen molar-refractivity contribution in [3.8, 4) is 0 Å². The standard InChI is InChI=1S/C19H24N2OS/c1-6-19(4,5)21-17(22)15-8-7-11-20-18(15)23-16-12-13(2)9-10-14(16)3/h7-12H,6H2,1-5H3,(H,21,22). The lowest BCUT2D eigenvalue weighted by Crippen LogP contribution is -2.43. The molecule has 23 heavy (non-hydrogen) atoms. The smallest absolute Gasteiger partial charge is 0.254 e. The average molecular weight is 328 g/mol. The number of nitrogens with one attached hydrogen (secondary N) is 1. The van der Waals surface area contributed by atoms with Crippen LogP contribution in [0.1, 0.15) is 48.7 Å². The van der Waals surface area contributed by atoms with E-state index < -0.39 is 0 Å². The van der Waals surface area contributed by atoms with Crippen molar-refractivity contribution >= 4 is 17.7 Å². The molecule has 4 heteroatoms. The van der Waals surface area contributed by atoms with Crippen molar-refractivity contribution in [2.45, 2.75) is 56.5 Å². The second kappa shape index (κ2) is 7.18. The highest BCUT2D eigenvalue weighted by molar-refractivity contribution is 7.99. The van der Waals surface area contributed by atoms with Crippen molar-refractivity contribution in [3.05, 3.63) is 53.2 Å². The molecule has 3 nitrogen and oxygen atoms in total. The van der Waals surface area contributed by atoms with Crippen LogP contribution in [0.15, 0.2) is 46.5 Å². The average Bonchev–Trinajstić information content (AvgIpc) is 2.51. The van der Waals surface area contributed by atoms with Crippen LogP contribution in [0.5, 0.6) is 0 Å². The molecule has 1 heterocycles. The Balaban J connectivity index is 2.31. The summed E-state index contributed by atoms with van der Waals surface area (Å²) in [4.78, 5) is 18.2. The predicted molar refractivity (Wildman–Crippen MR) is 96.1 cm³/mol. The quantitative estimate of drug-likeness (QED) is 0.860. The van der Waals surface area contributed by atoms with Gasteiger partial charge >= 0.3 is 0 Å². The van der Waals surface area contributed by atoms with E-state index in [0.717, 1.165) is 16.3 Å². The number of carbonyl (C=O) groups is 1. The molecule has 122 valence electrons. The van der Waals surface area contributed by atoms with Gasteiger partial charge in [0.2, 0.25) is 0 Å². The summed E-state index contributed by atoms with van der Waals surface area (Å²) in [5.74, 6) is -0.0715. The Kier molecular flexibility index (Phi) is 5.47.